The molecule has 0 aliphatic carbocycles. The number of rotatable bonds is 6. The Morgan fingerprint density at radius 2 is 2.00 bits per heavy atom. The van der Waals surface area contributed by atoms with E-state index in [1.807, 2.05) is 0 Å². The van der Waals surface area contributed by atoms with Gasteiger partial charge in [0.15, 0.2) is 0 Å². The quantitative estimate of drug-likeness (QED) is 0.468. The first kappa shape index (κ1) is 20.1. The number of alkyl halides is 3. The summed E-state index contributed by atoms with van der Waals surface area (Å²) in [5.41, 5.74) is 3.04. The van der Waals surface area contributed by atoms with E-state index in [0.717, 1.165) is 12.5 Å². The number of halogens is 3. The van der Waals surface area contributed by atoms with Crippen LogP contribution in [0.1, 0.15) is 35.2 Å². The zero-order chi connectivity index (χ0) is 19.3. The van der Waals surface area contributed by atoms with Crippen molar-refractivity contribution in [3.8, 4) is 0 Å². The van der Waals surface area contributed by atoms with Gasteiger partial charge in [-0.1, -0.05) is 0 Å². The van der Waals surface area contributed by atoms with Crippen molar-refractivity contribution in [2.45, 2.75) is 31.5 Å². The Labute approximate surface area is 148 Å². The van der Waals surface area contributed by atoms with Gasteiger partial charge in [-0.25, -0.2) is 0 Å². The largest absolute Gasteiger partial charge is 0.416 e. The lowest BCUT2D eigenvalue weighted by molar-refractivity contribution is -0.385. The van der Waals surface area contributed by atoms with E-state index in [0.29, 0.717) is 51.2 Å². The summed E-state index contributed by atoms with van der Waals surface area (Å²) in [6.45, 7) is 1.70. The van der Waals surface area contributed by atoms with Gasteiger partial charge in [0.2, 0.25) is 0 Å². The van der Waals surface area contributed by atoms with Gasteiger partial charge in [0.25, 0.3) is 11.6 Å². The number of piperidine rings is 1. The van der Waals surface area contributed by atoms with Crippen LogP contribution in [0.25, 0.3) is 0 Å². The second-order valence-electron chi connectivity index (χ2n) is 5.99. The molecule has 2 N–H and O–H groups in total. The first-order valence-electron chi connectivity index (χ1n) is 8.20. The van der Waals surface area contributed by atoms with E-state index in [4.69, 9.17) is 10.5 Å². The van der Waals surface area contributed by atoms with Crippen LogP contribution < -0.4 is 5.73 Å². The van der Waals surface area contributed by atoms with Crippen molar-refractivity contribution in [3.63, 3.8) is 0 Å². The number of hydrogen-bond donors (Lipinski definition) is 1. The number of nitro groups is 1. The molecular formula is C16H20F3N3O4. The first-order chi connectivity index (χ1) is 12.2. The molecule has 1 aliphatic heterocycles. The van der Waals surface area contributed by atoms with Gasteiger partial charge in [-0.05, 0) is 37.9 Å². The SMILES string of the molecule is NCCCOC1CCN(C(=O)c2ccc(C(F)(F)F)cc2[N+](=O)[O-])CC1. The Kier molecular flexibility index (Phi) is 6.54. The summed E-state index contributed by atoms with van der Waals surface area (Å²) in [6.07, 6.45) is -2.88. The molecule has 0 radical (unpaired) electrons. The van der Waals surface area contributed by atoms with E-state index in [2.05, 4.69) is 0 Å². The number of likely N-dealkylation sites (tertiary alicyclic amines) is 1. The molecule has 2 rings (SSSR count). The highest BCUT2D eigenvalue weighted by molar-refractivity contribution is 5.98. The van der Waals surface area contributed by atoms with E-state index in [1.54, 1.807) is 0 Å². The first-order valence-corrected chi connectivity index (χ1v) is 8.20. The van der Waals surface area contributed by atoms with Crippen molar-refractivity contribution in [1.29, 1.82) is 0 Å². The van der Waals surface area contributed by atoms with Gasteiger partial charge in [-0.2, -0.15) is 13.2 Å². The number of amides is 1. The average molecular weight is 375 g/mol. The third-order valence-electron chi connectivity index (χ3n) is 4.18. The van der Waals surface area contributed by atoms with Crippen molar-refractivity contribution in [2.24, 2.45) is 5.73 Å². The van der Waals surface area contributed by atoms with E-state index in [-0.39, 0.29) is 11.7 Å². The molecule has 1 fully saturated rings. The van der Waals surface area contributed by atoms with Crippen LogP contribution in [0.15, 0.2) is 18.2 Å². The summed E-state index contributed by atoms with van der Waals surface area (Å²) in [5.74, 6) is -0.647. The van der Waals surface area contributed by atoms with E-state index in [1.165, 1.54) is 4.90 Å². The minimum atomic E-state index is -4.72. The van der Waals surface area contributed by atoms with Crippen molar-refractivity contribution < 1.29 is 27.6 Å². The molecule has 1 aromatic carbocycles. The third-order valence-corrected chi connectivity index (χ3v) is 4.18. The molecule has 1 aromatic rings. The van der Waals surface area contributed by atoms with Crippen molar-refractivity contribution in [2.75, 3.05) is 26.2 Å². The Balaban J connectivity index is 2.09. The number of nitrogens with zero attached hydrogens (tertiary/aromatic N) is 2. The molecule has 0 atom stereocenters. The number of carbonyl (C=O) groups is 1. The van der Waals surface area contributed by atoms with Crippen LogP contribution in [0, 0.1) is 10.1 Å². The molecule has 1 aliphatic rings. The van der Waals surface area contributed by atoms with Crippen LogP contribution in [0.2, 0.25) is 0 Å². The maximum atomic E-state index is 12.7. The molecule has 0 bridgehead atoms. The topological polar surface area (TPSA) is 98.7 Å². The van der Waals surface area contributed by atoms with Crippen LogP contribution in [-0.4, -0.2) is 48.1 Å². The number of carbonyl (C=O) groups excluding carboxylic acids is 1. The zero-order valence-electron chi connectivity index (χ0n) is 14.0. The summed E-state index contributed by atoms with van der Waals surface area (Å²) in [6, 6.07) is 1.95. The number of hydrogen-bond acceptors (Lipinski definition) is 5. The molecule has 0 saturated carbocycles. The highest BCUT2D eigenvalue weighted by atomic mass is 19.4. The predicted octanol–water partition coefficient (Wildman–Crippen LogP) is 2.58. The fourth-order valence-corrected chi connectivity index (χ4v) is 2.77. The Hall–Kier alpha value is -2.20. The molecule has 1 heterocycles. The minimum absolute atomic E-state index is 0.0202. The standard InChI is InChI=1S/C16H20F3N3O4/c17-16(18,19)11-2-3-13(14(10-11)22(24)25)15(23)21-7-4-12(5-8-21)26-9-1-6-20/h2-3,10,12H,1,4-9,20H2. The van der Waals surface area contributed by atoms with Crippen molar-refractivity contribution >= 4 is 11.6 Å². The summed E-state index contributed by atoms with van der Waals surface area (Å²) in [4.78, 5) is 24.1. The molecule has 144 valence electrons. The van der Waals surface area contributed by atoms with Gasteiger partial charge >= 0.3 is 6.18 Å². The second-order valence-corrected chi connectivity index (χ2v) is 5.99. The molecule has 0 spiro atoms. The number of benzene rings is 1. The van der Waals surface area contributed by atoms with Crippen LogP contribution in [0.4, 0.5) is 18.9 Å². The number of nitrogens with two attached hydrogens (primary N) is 1. The summed E-state index contributed by atoms with van der Waals surface area (Å²) < 4.78 is 43.9. The fraction of sp³-hybridized carbons (Fsp3) is 0.562. The molecule has 0 aromatic heterocycles. The smallest absolute Gasteiger partial charge is 0.378 e. The van der Waals surface area contributed by atoms with E-state index >= 15 is 0 Å². The van der Waals surface area contributed by atoms with Crippen molar-refractivity contribution in [3.05, 3.63) is 39.4 Å². The van der Waals surface area contributed by atoms with Gasteiger partial charge < -0.3 is 15.4 Å². The van der Waals surface area contributed by atoms with Crippen LogP contribution >= 0.6 is 0 Å². The highest BCUT2D eigenvalue weighted by Gasteiger charge is 2.35. The monoisotopic (exact) mass is 375 g/mol. The third kappa shape index (κ3) is 4.92. The van der Waals surface area contributed by atoms with Crippen LogP contribution in [-0.2, 0) is 10.9 Å². The molecule has 7 nitrogen and oxygen atoms in total. The van der Waals surface area contributed by atoms with Gasteiger partial charge in [-0.3, -0.25) is 14.9 Å². The summed E-state index contributed by atoms with van der Waals surface area (Å²) in [5, 5.41) is 11.1. The lowest BCUT2D eigenvalue weighted by atomic mass is 10.0. The van der Waals surface area contributed by atoms with Crippen molar-refractivity contribution in [1.82, 2.24) is 4.90 Å². The second kappa shape index (κ2) is 8.45. The fourth-order valence-electron chi connectivity index (χ4n) is 2.77. The highest BCUT2D eigenvalue weighted by Crippen LogP contribution is 2.33. The lowest BCUT2D eigenvalue weighted by Crippen LogP contribution is -2.41. The zero-order valence-corrected chi connectivity index (χ0v) is 14.0. The molecule has 0 unspecified atom stereocenters. The van der Waals surface area contributed by atoms with Gasteiger partial charge in [0.1, 0.15) is 5.56 Å². The average Bonchev–Trinajstić information content (AvgIpc) is 2.60. The van der Waals surface area contributed by atoms with Gasteiger partial charge in [-0.15, -0.1) is 0 Å². The molecule has 1 amide bonds. The predicted molar refractivity (Wildman–Crippen MR) is 86.6 cm³/mol. The van der Waals surface area contributed by atoms with Crippen LogP contribution in [0.5, 0.6) is 0 Å². The normalized spacial score (nSPS) is 15.9. The Morgan fingerprint density at radius 3 is 2.54 bits per heavy atom. The van der Waals surface area contributed by atoms with E-state index < -0.39 is 28.3 Å². The summed E-state index contributed by atoms with van der Waals surface area (Å²) in [7, 11) is 0. The number of ether oxygens (including phenoxy) is 1. The Morgan fingerprint density at radius 1 is 1.35 bits per heavy atom. The van der Waals surface area contributed by atoms with Gasteiger partial charge in [0, 0.05) is 25.8 Å². The van der Waals surface area contributed by atoms with E-state index in [9.17, 15) is 28.1 Å². The maximum absolute atomic E-state index is 12.7. The molecule has 10 heteroatoms. The maximum Gasteiger partial charge on any atom is 0.416 e. The molecule has 1 saturated heterocycles. The number of nitro benzene ring substituents is 1. The minimum Gasteiger partial charge on any atom is -0.378 e. The van der Waals surface area contributed by atoms with Gasteiger partial charge in [0.05, 0.1) is 16.6 Å². The lowest BCUT2D eigenvalue weighted by Gasteiger charge is -2.32. The van der Waals surface area contributed by atoms with Crippen LogP contribution in [0.3, 0.4) is 0 Å². The Bertz CT molecular complexity index is 659. The molecular weight excluding hydrogens is 355 g/mol. The summed E-state index contributed by atoms with van der Waals surface area (Å²) >= 11 is 0. The molecule has 26 heavy (non-hydrogen) atoms.